The van der Waals surface area contributed by atoms with Gasteiger partial charge < -0.3 is 9.40 Å². The Morgan fingerprint density at radius 2 is 2.17 bits per heavy atom. The average Bonchev–Trinajstić information content (AvgIpc) is 3.29. The van der Waals surface area contributed by atoms with Crippen LogP contribution in [0.4, 0.5) is 0 Å². The molecule has 0 unspecified atom stereocenters. The highest BCUT2D eigenvalue weighted by atomic mass is 32.1. The maximum Gasteiger partial charge on any atom is 0.268 e. The van der Waals surface area contributed by atoms with Gasteiger partial charge in [0.25, 0.3) is 5.56 Å². The first-order chi connectivity index (χ1) is 11.3. The van der Waals surface area contributed by atoms with Crippen molar-refractivity contribution in [1.29, 1.82) is 0 Å². The van der Waals surface area contributed by atoms with Crippen molar-refractivity contribution in [1.82, 2.24) is 14.9 Å². The molecule has 1 aliphatic rings. The minimum atomic E-state index is -0.0376. The fraction of sp³-hybridized carbons (Fsp3) is 0.412. The zero-order valence-corrected chi connectivity index (χ0v) is 13.6. The summed E-state index contributed by atoms with van der Waals surface area (Å²) in [5, 5.41) is 1.91. The van der Waals surface area contributed by atoms with Crippen LogP contribution in [0.5, 0.6) is 0 Å². The molecule has 0 amide bonds. The maximum atomic E-state index is 12.2. The van der Waals surface area contributed by atoms with E-state index in [0.29, 0.717) is 17.3 Å². The molecule has 120 valence electrons. The Kier molecular flexibility index (Phi) is 4.01. The van der Waals surface area contributed by atoms with Crippen LogP contribution in [-0.4, -0.2) is 20.9 Å². The summed E-state index contributed by atoms with van der Waals surface area (Å²) < 4.78 is 6.21. The number of hydrogen-bond donors (Lipinski definition) is 1. The molecule has 3 aromatic heterocycles. The number of nitrogens with one attached hydrogen (secondary N) is 1. The third-order valence-corrected chi connectivity index (χ3v) is 5.40. The number of thiophene rings is 1. The summed E-state index contributed by atoms with van der Waals surface area (Å²) in [6.45, 7) is 1.40. The maximum absolute atomic E-state index is 12.2. The van der Waals surface area contributed by atoms with Gasteiger partial charge in [0.2, 0.25) is 0 Å². The van der Waals surface area contributed by atoms with Crippen molar-refractivity contribution in [3.8, 4) is 0 Å². The number of aromatic nitrogens is 2. The van der Waals surface area contributed by atoms with Crippen LogP contribution in [0, 0.1) is 0 Å². The van der Waals surface area contributed by atoms with Crippen molar-refractivity contribution in [3.63, 3.8) is 0 Å². The van der Waals surface area contributed by atoms with Gasteiger partial charge in [-0.25, -0.2) is 4.98 Å². The lowest BCUT2D eigenvalue weighted by atomic mass is 10.2. The Morgan fingerprint density at radius 3 is 2.96 bits per heavy atom. The average molecular weight is 329 g/mol. The number of aromatic amines is 1. The normalized spacial score (nSPS) is 15.9. The number of fused-ring (bicyclic) bond motifs is 1. The van der Waals surface area contributed by atoms with Crippen molar-refractivity contribution < 1.29 is 4.42 Å². The van der Waals surface area contributed by atoms with Crippen LogP contribution < -0.4 is 5.56 Å². The highest BCUT2D eigenvalue weighted by Crippen LogP contribution is 2.26. The van der Waals surface area contributed by atoms with Gasteiger partial charge in [0.05, 0.1) is 24.9 Å². The van der Waals surface area contributed by atoms with Crippen molar-refractivity contribution in [2.75, 3.05) is 0 Å². The molecular weight excluding hydrogens is 310 g/mol. The molecule has 1 N–H and O–H groups in total. The second-order valence-corrected chi connectivity index (χ2v) is 6.99. The Balaban J connectivity index is 1.61. The topological polar surface area (TPSA) is 62.1 Å². The summed E-state index contributed by atoms with van der Waals surface area (Å²) in [6.07, 6.45) is 6.65. The molecule has 0 radical (unpaired) electrons. The first-order valence-corrected chi connectivity index (χ1v) is 8.90. The summed E-state index contributed by atoms with van der Waals surface area (Å²) in [6, 6.07) is 6.36. The van der Waals surface area contributed by atoms with Crippen LogP contribution in [-0.2, 0) is 13.1 Å². The quantitative estimate of drug-likeness (QED) is 0.778. The van der Waals surface area contributed by atoms with Gasteiger partial charge in [-0.15, -0.1) is 11.3 Å². The molecule has 0 aliphatic heterocycles. The first kappa shape index (κ1) is 14.7. The highest BCUT2D eigenvalue weighted by molar-refractivity contribution is 7.17. The zero-order valence-electron chi connectivity index (χ0n) is 12.8. The van der Waals surface area contributed by atoms with Crippen LogP contribution in [0.25, 0.3) is 10.2 Å². The van der Waals surface area contributed by atoms with Gasteiger partial charge >= 0.3 is 0 Å². The molecular formula is C17H19N3O2S. The summed E-state index contributed by atoms with van der Waals surface area (Å²) >= 11 is 1.44. The number of nitrogens with zero attached hydrogens (tertiary/aromatic N) is 2. The van der Waals surface area contributed by atoms with Crippen molar-refractivity contribution in [3.05, 3.63) is 51.8 Å². The van der Waals surface area contributed by atoms with Crippen LogP contribution in [0.1, 0.15) is 37.3 Å². The van der Waals surface area contributed by atoms with E-state index >= 15 is 0 Å². The third-order valence-electron chi connectivity index (χ3n) is 4.50. The molecule has 0 aromatic carbocycles. The van der Waals surface area contributed by atoms with E-state index in [1.807, 2.05) is 23.6 Å². The van der Waals surface area contributed by atoms with Gasteiger partial charge in [-0.05, 0) is 36.4 Å². The van der Waals surface area contributed by atoms with Crippen LogP contribution in [0.3, 0.4) is 0 Å². The lowest BCUT2D eigenvalue weighted by molar-refractivity contribution is 0.163. The van der Waals surface area contributed by atoms with Crippen LogP contribution in [0.2, 0.25) is 0 Å². The molecule has 1 fully saturated rings. The van der Waals surface area contributed by atoms with E-state index in [4.69, 9.17) is 4.42 Å². The van der Waals surface area contributed by atoms with Gasteiger partial charge in [0, 0.05) is 6.04 Å². The molecule has 5 nitrogen and oxygen atoms in total. The Hall–Kier alpha value is -1.92. The van der Waals surface area contributed by atoms with Gasteiger partial charge in [0.1, 0.15) is 16.3 Å². The van der Waals surface area contributed by atoms with Crippen molar-refractivity contribution in [2.24, 2.45) is 0 Å². The number of H-pyrrole nitrogens is 1. The molecule has 6 heteroatoms. The van der Waals surface area contributed by atoms with Crippen molar-refractivity contribution in [2.45, 2.75) is 44.8 Å². The fourth-order valence-corrected chi connectivity index (χ4v) is 4.10. The van der Waals surface area contributed by atoms with Crippen LogP contribution >= 0.6 is 11.3 Å². The van der Waals surface area contributed by atoms with E-state index < -0.39 is 0 Å². The van der Waals surface area contributed by atoms with Gasteiger partial charge in [-0.2, -0.15) is 0 Å². The minimum Gasteiger partial charge on any atom is -0.468 e. The van der Waals surface area contributed by atoms with E-state index in [1.54, 1.807) is 6.26 Å². The van der Waals surface area contributed by atoms with E-state index in [0.717, 1.165) is 23.6 Å². The second-order valence-electron chi connectivity index (χ2n) is 6.07. The monoisotopic (exact) mass is 329 g/mol. The Bertz CT molecular complexity index is 831. The predicted molar refractivity (Wildman–Crippen MR) is 90.5 cm³/mol. The molecule has 0 atom stereocenters. The Labute approximate surface area is 138 Å². The largest absolute Gasteiger partial charge is 0.468 e. The molecule has 23 heavy (non-hydrogen) atoms. The Morgan fingerprint density at radius 1 is 1.30 bits per heavy atom. The smallest absolute Gasteiger partial charge is 0.268 e. The van der Waals surface area contributed by atoms with E-state index in [1.165, 1.54) is 37.0 Å². The molecule has 1 aliphatic carbocycles. The molecule has 0 spiro atoms. The summed E-state index contributed by atoms with van der Waals surface area (Å²) in [4.78, 5) is 22.1. The summed E-state index contributed by atoms with van der Waals surface area (Å²) in [7, 11) is 0. The van der Waals surface area contributed by atoms with Gasteiger partial charge in [0.15, 0.2) is 0 Å². The number of furan rings is 1. The van der Waals surface area contributed by atoms with E-state index in [-0.39, 0.29) is 5.56 Å². The fourth-order valence-electron chi connectivity index (χ4n) is 3.38. The number of hydrogen-bond acceptors (Lipinski definition) is 5. The van der Waals surface area contributed by atoms with Crippen LogP contribution in [0.15, 0.2) is 39.1 Å². The lowest BCUT2D eigenvalue weighted by Gasteiger charge is -2.27. The third kappa shape index (κ3) is 3.09. The highest BCUT2D eigenvalue weighted by Gasteiger charge is 2.24. The lowest BCUT2D eigenvalue weighted by Crippen LogP contribution is -2.33. The van der Waals surface area contributed by atoms with Crippen molar-refractivity contribution >= 4 is 21.6 Å². The first-order valence-electron chi connectivity index (χ1n) is 8.02. The predicted octanol–water partition coefficient (Wildman–Crippen LogP) is 3.52. The molecule has 1 saturated carbocycles. The van der Waals surface area contributed by atoms with E-state index in [9.17, 15) is 4.79 Å². The van der Waals surface area contributed by atoms with Gasteiger partial charge in [-0.3, -0.25) is 9.69 Å². The molecule has 4 rings (SSSR count). The van der Waals surface area contributed by atoms with Gasteiger partial charge in [-0.1, -0.05) is 12.8 Å². The number of rotatable bonds is 5. The second kappa shape index (κ2) is 6.29. The summed E-state index contributed by atoms with van der Waals surface area (Å²) in [5.74, 6) is 1.69. The molecule has 0 bridgehead atoms. The minimum absolute atomic E-state index is 0.0376. The molecule has 3 heterocycles. The SMILES string of the molecule is O=c1[nH]c(CN(Cc2ccco2)C2CCCC2)nc2ccsc12. The zero-order chi connectivity index (χ0) is 15.6. The molecule has 3 aromatic rings. The summed E-state index contributed by atoms with van der Waals surface area (Å²) in [5.41, 5.74) is 0.752. The standard InChI is InChI=1S/C17H19N3O2S/c21-17-16-14(7-9-23-16)18-15(19-17)11-20(12-4-1-2-5-12)10-13-6-3-8-22-13/h3,6-9,12H,1-2,4-5,10-11H2,(H,18,19,21). The molecule has 0 saturated heterocycles. The van der Waals surface area contributed by atoms with E-state index in [2.05, 4.69) is 14.9 Å².